The SMILES string of the molecule is CC(CO)CNCc1nnnn1-c1ccccc1. The first kappa shape index (κ1) is 12.7. The van der Waals surface area contributed by atoms with Crippen molar-refractivity contribution in [3.05, 3.63) is 36.2 Å². The van der Waals surface area contributed by atoms with Gasteiger partial charge in [-0.2, -0.15) is 4.68 Å². The first-order valence-corrected chi connectivity index (χ1v) is 5.95. The molecule has 6 heteroatoms. The van der Waals surface area contributed by atoms with E-state index in [0.29, 0.717) is 6.54 Å². The molecule has 18 heavy (non-hydrogen) atoms. The van der Waals surface area contributed by atoms with Gasteiger partial charge in [-0.25, -0.2) is 0 Å². The topological polar surface area (TPSA) is 75.9 Å². The summed E-state index contributed by atoms with van der Waals surface area (Å²) < 4.78 is 1.70. The summed E-state index contributed by atoms with van der Waals surface area (Å²) in [5, 5.41) is 23.8. The van der Waals surface area contributed by atoms with E-state index in [4.69, 9.17) is 5.11 Å². The average Bonchev–Trinajstić information content (AvgIpc) is 2.88. The summed E-state index contributed by atoms with van der Waals surface area (Å²) in [6.45, 7) is 3.47. The van der Waals surface area contributed by atoms with Gasteiger partial charge < -0.3 is 10.4 Å². The third-order valence-electron chi connectivity index (χ3n) is 2.62. The van der Waals surface area contributed by atoms with Gasteiger partial charge in [0.25, 0.3) is 0 Å². The molecule has 0 aliphatic rings. The zero-order valence-electron chi connectivity index (χ0n) is 10.3. The third kappa shape index (κ3) is 3.12. The van der Waals surface area contributed by atoms with Gasteiger partial charge in [-0.05, 0) is 28.5 Å². The fraction of sp³-hybridized carbons (Fsp3) is 0.417. The highest BCUT2D eigenvalue weighted by molar-refractivity contribution is 5.30. The first-order chi connectivity index (χ1) is 8.81. The molecule has 0 radical (unpaired) electrons. The normalized spacial score (nSPS) is 12.6. The Morgan fingerprint density at radius 2 is 2.11 bits per heavy atom. The van der Waals surface area contributed by atoms with E-state index >= 15 is 0 Å². The van der Waals surface area contributed by atoms with E-state index in [1.165, 1.54) is 0 Å². The lowest BCUT2D eigenvalue weighted by Gasteiger charge is -2.09. The van der Waals surface area contributed by atoms with E-state index in [2.05, 4.69) is 20.8 Å². The molecule has 0 saturated heterocycles. The quantitative estimate of drug-likeness (QED) is 0.772. The molecule has 96 valence electrons. The number of nitrogens with one attached hydrogen (secondary N) is 1. The van der Waals surface area contributed by atoms with E-state index in [9.17, 15) is 0 Å². The number of para-hydroxylation sites is 1. The maximum absolute atomic E-state index is 8.94. The molecule has 1 aromatic carbocycles. The van der Waals surface area contributed by atoms with Crippen LogP contribution in [0.5, 0.6) is 0 Å². The predicted octanol–water partition coefficient (Wildman–Crippen LogP) is 0.380. The number of aliphatic hydroxyl groups is 1. The van der Waals surface area contributed by atoms with Crippen LogP contribution in [0.2, 0.25) is 0 Å². The van der Waals surface area contributed by atoms with Gasteiger partial charge >= 0.3 is 0 Å². The smallest absolute Gasteiger partial charge is 0.170 e. The first-order valence-electron chi connectivity index (χ1n) is 5.95. The number of hydrogen-bond donors (Lipinski definition) is 2. The summed E-state index contributed by atoms with van der Waals surface area (Å²) in [6, 6.07) is 9.76. The van der Waals surface area contributed by atoms with Crippen LogP contribution < -0.4 is 5.32 Å². The van der Waals surface area contributed by atoms with Crippen LogP contribution in [0.1, 0.15) is 12.7 Å². The number of nitrogens with zero attached hydrogens (tertiary/aromatic N) is 4. The minimum atomic E-state index is 0.177. The molecule has 6 nitrogen and oxygen atoms in total. The molecule has 0 spiro atoms. The Kier molecular flexibility index (Phi) is 4.38. The Morgan fingerprint density at radius 1 is 1.33 bits per heavy atom. The van der Waals surface area contributed by atoms with E-state index in [0.717, 1.165) is 18.1 Å². The van der Waals surface area contributed by atoms with Crippen LogP contribution in [0.15, 0.2) is 30.3 Å². The Balaban J connectivity index is 2.00. The van der Waals surface area contributed by atoms with Gasteiger partial charge in [-0.3, -0.25) is 0 Å². The van der Waals surface area contributed by atoms with Crippen molar-refractivity contribution in [2.75, 3.05) is 13.2 Å². The van der Waals surface area contributed by atoms with Gasteiger partial charge in [-0.1, -0.05) is 25.1 Å². The van der Waals surface area contributed by atoms with Crippen LogP contribution in [-0.4, -0.2) is 38.5 Å². The predicted molar refractivity (Wildman–Crippen MR) is 67.1 cm³/mol. The molecule has 1 unspecified atom stereocenters. The number of benzene rings is 1. The second-order valence-electron chi connectivity index (χ2n) is 4.26. The van der Waals surface area contributed by atoms with Gasteiger partial charge in [0.15, 0.2) is 5.82 Å². The molecule has 0 saturated carbocycles. The highest BCUT2D eigenvalue weighted by Gasteiger charge is 2.07. The maximum Gasteiger partial charge on any atom is 0.170 e. The van der Waals surface area contributed by atoms with Crippen molar-refractivity contribution in [3.63, 3.8) is 0 Å². The van der Waals surface area contributed by atoms with Crippen LogP contribution in [0.3, 0.4) is 0 Å². The summed E-state index contributed by atoms with van der Waals surface area (Å²) >= 11 is 0. The second kappa shape index (κ2) is 6.23. The summed E-state index contributed by atoms with van der Waals surface area (Å²) in [6.07, 6.45) is 0. The Bertz CT molecular complexity index is 470. The molecule has 0 bridgehead atoms. The molecule has 0 fully saturated rings. The van der Waals surface area contributed by atoms with Crippen LogP contribution in [0.25, 0.3) is 5.69 Å². The van der Waals surface area contributed by atoms with Crippen LogP contribution in [0.4, 0.5) is 0 Å². The summed E-state index contributed by atoms with van der Waals surface area (Å²) in [7, 11) is 0. The van der Waals surface area contributed by atoms with E-state index < -0.39 is 0 Å². The Morgan fingerprint density at radius 3 is 2.83 bits per heavy atom. The maximum atomic E-state index is 8.94. The van der Waals surface area contributed by atoms with E-state index in [-0.39, 0.29) is 12.5 Å². The number of tetrazole rings is 1. The molecule has 0 aliphatic heterocycles. The van der Waals surface area contributed by atoms with E-state index in [1.807, 2.05) is 37.3 Å². The lowest BCUT2D eigenvalue weighted by atomic mass is 10.2. The molecular weight excluding hydrogens is 230 g/mol. The summed E-state index contributed by atoms with van der Waals surface area (Å²) in [5.74, 6) is 0.984. The van der Waals surface area contributed by atoms with Crippen molar-refractivity contribution < 1.29 is 5.11 Å². The lowest BCUT2D eigenvalue weighted by Crippen LogP contribution is -2.24. The molecule has 0 amide bonds. The average molecular weight is 247 g/mol. The molecular formula is C12H17N5O. The van der Waals surface area contributed by atoms with Gasteiger partial charge in [-0.15, -0.1) is 5.10 Å². The highest BCUT2D eigenvalue weighted by Crippen LogP contribution is 2.06. The number of hydrogen-bond acceptors (Lipinski definition) is 5. The van der Waals surface area contributed by atoms with Gasteiger partial charge in [0.1, 0.15) is 0 Å². The fourth-order valence-electron chi connectivity index (χ4n) is 1.58. The zero-order valence-corrected chi connectivity index (χ0v) is 10.3. The van der Waals surface area contributed by atoms with Crippen molar-refractivity contribution in [3.8, 4) is 5.69 Å². The Hall–Kier alpha value is -1.79. The monoisotopic (exact) mass is 247 g/mol. The molecule has 2 N–H and O–H groups in total. The molecule has 1 aromatic heterocycles. The van der Waals surface area contributed by atoms with Crippen LogP contribution in [-0.2, 0) is 6.54 Å². The number of rotatable bonds is 6. The second-order valence-corrected chi connectivity index (χ2v) is 4.26. The fourth-order valence-corrected chi connectivity index (χ4v) is 1.58. The van der Waals surface area contributed by atoms with Crippen molar-refractivity contribution in [2.45, 2.75) is 13.5 Å². The van der Waals surface area contributed by atoms with Gasteiger partial charge in [0, 0.05) is 13.2 Å². The van der Waals surface area contributed by atoms with Crippen LogP contribution in [0, 0.1) is 5.92 Å². The van der Waals surface area contributed by atoms with Crippen molar-refractivity contribution in [1.29, 1.82) is 0 Å². The zero-order chi connectivity index (χ0) is 12.8. The molecule has 2 rings (SSSR count). The molecule has 0 aliphatic carbocycles. The number of aromatic nitrogens is 4. The van der Waals surface area contributed by atoms with Crippen molar-refractivity contribution in [2.24, 2.45) is 5.92 Å². The molecule has 2 aromatic rings. The van der Waals surface area contributed by atoms with Crippen LogP contribution >= 0.6 is 0 Å². The largest absolute Gasteiger partial charge is 0.396 e. The highest BCUT2D eigenvalue weighted by atomic mass is 16.3. The Labute approximate surface area is 106 Å². The summed E-state index contributed by atoms with van der Waals surface area (Å²) in [4.78, 5) is 0. The minimum absolute atomic E-state index is 0.177. The van der Waals surface area contributed by atoms with E-state index in [1.54, 1.807) is 4.68 Å². The summed E-state index contributed by atoms with van der Waals surface area (Å²) in [5.41, 5.74) is 0.939. The standard InChI is InChI=1S/C12H17N5O/c1-10(9-18)7-13-8-12-14-15-16-17(12)11-5-3-2-4-6-11/h2-6,10,13,18H,7-9H2,1H3. The molecule has 1 atom stereocenters. The van der Waals surface area contributed by atoms with Crippen molar-refractivity contribution >= 4 is 0 Å². The van der Waals surface area contributed by atoms with Crippen molar-refractivity contribution in [1.82, 2.24) is 25.5 Å². The number of aliphatic hydroxyl groups excluding tert-OH is 1. The van der Waals surface area contributed by atoms with Gasteiger partial charge in [0.05, 0.1) is 12.2 Å². The lowest BCUT2D eigenvalue weighted by molar-refractivity contribution is 0.233. The minimum Gasteiger partial charge on any atom is -0.396 e. The third-order valence-corrected chi connectivity index (χ3v) is 2.62. The van der Waals surface area contributed by atoms with Gasteiger partial charge in [0.2, 0.25) is 0 Å². The molecule has 1 heterocycles.